The lowest BCUT2D eigenvalue weighted by atomic mass is 9.97. The molecule has 5 aromatic carbocycles. The molecule has 246 valence electrons. The number of anilines is 5. The third kappa shape index (κ3) is 4.76. The molecule has 0 saturated heterocycles. The van der Waals surface area contributed by atoms with Gasteiger partial charge in [-0.05, 0) is 211 Å². The van der Waals surface area contributed by atoms with Crippen molar-refractivity contribution in [1.29, 1.82) is 0 Å². The predicted molar refractivity (Wildman–Crippen MR) is 210 cm³/mol. The Morgan fingerprint density at radius 3 is 1.34 bits per heavy atom. The molecular weight excluding hydrogens is 605 g/mol. The normalized spacial score (nSPS) is 16.5. The highest BCUT2D eigenvalue weighted by molar-refractivity contribution is 6.03. The molecule has 0 aromatic heterocycles. The first-order valence-electron chi connectivity index (χ1n) is 18.9. The fraction of sp³-hybridized carbons (Fsp3) is 0.250. The van der Waals surface area contributed by atoms with Crippen LogP contribution in [-0.2, 0) is 51.4 Å². The van der Waals surface area contributed by atoms with Gasteiger partial charge in [0.25, 0.3) is 0 Å². The highest BCUT2D eigenvalue weighted by Crippen LogP contribution is 2.50. The average molecular weight is 649 g/mol. The topological polar surface area (TPSA) is 6.48 Å². The molecule has 2 heteroatoms. The molecule has 0 heterocycles. The Bertz CT molecular complexity index is 2240. The summed E-state index contributed by atoms with van der Waals surface area (Å²) in [5, 5.41) is 0. The van der Waals surface area contributed by atoms with Crippen molar-refractivity contribution < 1.29 is 0 Å². The van der Waals surface area contributed by atoms with Gasteiger partial charge in [-0.1, -0.05) is 43.0 Å². The van der Waals surface area contributed by atoms with Crippen LogP contribution in [-0.4, -0.2) is 0 Å². The molecule has 0 aliphatic heterocycles. The Labute approximate surface area is 297 Å². The van der Waals surface area contributed by atoms with E-state index in [-0.39, 0.29) is 0 Å². The minimum atomic E-state index is 0.988. The molecule has 2 nitrogen and oxygen atoms in total. The second-order valence-corrected chi connectivity index (χ2v) is 15.0. The van der Waals surface area contributed by atoms with Gasteiger partial charge in [0.15, 0.2) is 0 Å². The summed E-state index contributed by atoms with van der Waals surface area (Å²) in [5.74, 6) is 0. The van der Waals surface area contributed by atoms with E-state index in [2.05, 4.69) is 120 Å². The zero-order valence-corrected chi connectivity index (χ0v) is 29.2. The summed E-state index contributed by atoms with van der Waals surface area (Å²) < 4.78 is 0. The maximum absolute atomic E-state index is 4.19. The Morgan fingerprint density at radius 1 is 0.480 bits per heavy atom. The lowest BCUT2D eigenvalue weighted by Crippen LogP contribution is -2.15. The average Bonchev–Trinajstić information content (AvgIpc) is 3.99. The van der Waals surface area contributed by atoms with Gasteiger partial charge >= 0.3 is 0 Å². The fourth-order valence-corrected chi connectivity index (χ4v) is 9.75. The number of fused-ring (bicyclic) bond motifs is 7. The smallest absolute Gasteiger partial charge is 0.0464 e. The van der Waals surface area contributed by atoms with Crippen LogP contribution < -0.4 is 9.80 Å². The Balaban J connectivity index is 0.985. The number of aryl methyl sites for hydroxylation is 6. The fourth-order valence-electron chi connectivity index (χ4n) is 9.75. The Kier molecular flexibility index (Phi) is 7.01. The van der Waals surface area contributed by atoms with E-state index in [1.54, 1.807) is 0 Å². The summed E-state index contributed by atoms with van der Waals surface area (Å²) in [6, 6.07) is 35.9. The quantitative estimate of drug-likeness (QED) is 0.162. The van der Waals surface area contributed by atoms with Crippen LogP contribution in [0.15, 0.2) is 115 Å². The van der Waals surface area contributed by atoms with E-state index in [4.69, 9.17) is 0 Å². The monoisotopic (exact) mass is 648 g/mol. The molecule has 5 aliphatic rings. The van der Waals surface area contributed by atoms with Crippen molar-refractivity contribution in [3.8, 4) is 0 Å². The lowest BCUT2D eigenvalue weighted by Gasteiger charge is -2.28. The number of hydrogen-bond acceptors (Lipinski definition) is 2. The highest BCUT2D eigenvalue weighted by atomic mass is 15.1. The van der Waals surface area contributed by atoms with Gasteiger partial charge in [-0.3, -0.25) is 0 Å². The number of nitrogens with zero attached hydrogens (tertiary/aromatic N) is 2. The van der Waals surface area contributed by atoms with Crippen LogP contribution in [0.2, 0.25) is 0 Å². The van der Waals surface area contributed by atoms with Crippen molar-refractivity contribution >= 4 is 39.6 Å². The van der Waals surface area contributed by atoms with Crippen molar-refractivity contribution in [3.05, 3.63) is 171 Å². The van der Waals surface area contributed by atoms with Crippen molar-refractivity contribution in [3.63, 3.8) is 0 Å². The van der Waals surface area contributed by atoms with Crippen molar-refractivity contribution in [1.82, 2.24) is 0 Å². The van der Waals surface area contributed by atoms with Crippen LogP contribution in [0.25, 0.3) is 11.1 Å². The van der Waals surface area contributed by atoms with Gasteiger partial charge in [0, 0.05) is 34.1 Å². The van der Waals surface area contributed by atoms with Gasteiger partial charge < -0.3 is 9.80 Å². The summed E-state index contributed by atoms with van der Waals surface area (Å²) in [7, 11) is 0. The molecule has 0 atom stereocenters. The van der Waals surface area contributed by atoms with Gasteiger partial charge in [0.2, 0.25) is 0 Å². The van der Waals surface area contributed by atoms with Crippen molar-refractivity contribution in [2.75, 3.05) is 9.80 Å². The molecule has 0 saturated carbocycles. The minimum Gasteiger partial charge on any atom is -0.311 e. The number of benzene rings is 5. The Morgan fingerprint density at radius 2 is 0.860 bits per heavy atom. The first kappa shape index (κ1) is 29.8. The van der Waals surface area contributed by atoms with Gasteiger partial charge in [0.05, 0.1) is 0 Å². The summed E-state index contributed by atoms with van der Waals surface area (Å²) >= 11 is 0. The van der Waals surface area contributed by atoms with Crippen molar-refractivity contribution in [2.24, 2.45) is 0 Å². The highest BCUT2D eigenvalue weighted by Gasteiger charge is 2.31. The second-order valence-electron chi connectivity index (χ2n) is 15.0. The van der Waals surface area contributed by atoms with Crippen LogP contribution in [0, 0.1) is 0 Å². The molecule has 50 heavy (non-hydrogen) atoms. The zero-order chi connectivity index (χ0) is 33.3. The van der Waals surface area contributed by atoms with Crippen LogP contribution >= 0.6 is 0 Å². The molecule has 0 fully saturated rings. The molecular formula is C48H44N2. The molecule has 5 aliphatic carbocycles. The number of hydrogen-bond donors (Lipinski definition) is 0. The van der Waals surface area contributed by atoms with E-state index in [1.807, 2.05) is 6.08 Å². The van der Waals surface area contributed by atoms with Crippen molar-refractivity contribution in [2.45, 2.75) is 77.6 Å². The molecule has 0 bridgehead atoms. The van der Waals surface area contributed by atoms with Crippen LogP contribution in [0.4, 0.5) is 28.4 Å². The van der Waals surface area contributed by atoms with E-state index >= 15 is 0 Å². The first-order chi connectivity index (χ1) is 24.6. The summed E-state index contributed by atoms with van der Waals surface area (Å²) in [4.78, 5) is 4.91. The van der Waals surface area contributed by atoms with Gasteiger partial charge in [-0.2, -0.15) is 0 Å². The van der Waals surface area contributed by atoms with Gasteiger partial charge in [-0.15, -0.1) is 0 Å². The maximum Gasteiger partial charge on any atom is 0.0464 e. The van der Waals surface area contributed by atoms with Gasteiger partial charge in [-0.25, -0.2) is 0 Å². The van der Waals surface area contributed by atoms with E-state index in [0.717, 1.165) is 18.5 Å². The van der Waals surface area contributed by atoms with E-state index in [1.165, 1.54) is 153 Å². The zero-order valence-electron chi connectivity index (χ0n) is 29.2. The SMILES string of the molecule is C=C/C(=C\C)N(c1ccc2c(c1)CCC2)c1ccc2c(c1)CC1=C2Cc2cc(N(c3ccc4c(c3)CCC4)c3ccc4c(c3)CCC4)ccc21. The van der Waals surface area contributed by atoms with Crippen LogP contribution in [0.1, 0.15) is 81.8 Å². The third-order valence-electron chi connectivity index (χ3n) is 12.2. The third-order valence-corrected chi connectivity index (χ3v) is 12.2. The van der Waals surface area contributed by atoms with Crippen LogP contribution in [0.3, 0.4) is 0 Å². The number of allylic oxidation sites excluding steroid dienone is 4. The van der Waals surface area contributed by atoms with E-state index < -0.39 is 0 Å². The first-order valence-corrected chi connectivity index (χ1v) is 18.9. The molecule has 10 rings (SSSR count). The van der Waals surface area contributed by atoms with Gasteiger partial charge in [0.1, 0.15) is 0 Å². The van der Waals surface area contributed by atoms with E-state index in [9.17, 15) is 0 Å². The lowest BCUT2D eigenvalue weighted by molar-refractivity contribution is 0.911. The molecule has 0 radical (unpaired) electrons. The molecule has 0 N–H and O–H groups in total. The second kappa shape index (κ2) is 11.8. The number of rotatable bonds is 7. The molecule has 0 amide bonds. The Hall–Kier alpha value is -5.08. The standard InChI is InChI=1S/C48H44N2/c1-3-39(4-2)49(40-17-14-31-8-5-11-34(31)24-40)43-20-22-45-37(27-43)29-47-46-23-21-44(28-38(46)30-48(45)47)50(41-18-15-32-9-6-12-35(32)25-41)42-19-16-33-10-7-13-36(33)26-42/h3-4,14-28H,1,5-13,29-30H2,2H3/b39-4+. The molecule has 0 spiro atoms. The molecule has 0 unspecified atom stereocenters. The molecule has 5 aromatic rings. The summed E-state index contributed by atoms with van der Waals surface area (Å²) in [5.41, 5.74) is 25.3. The minimum absolute atomic E-state index is 0.988. The predicted octanol–water partition coefficient (Wildman–Crippen LogP) is 11.9. The maximum atomic E-state index is 4.19. The largest absolute Gasteiger partial charge is 0.311 e. The summed E-state index contributed by atoms with van der Waals surface area (Å²) in [6.45, 7) is 6.30. The van der Waals surface area contributed by atoms with Crippen LogP contribution in [0.5, 0.6) is 0 Å². The van der Waals surface area contributed by atoms with E-state index in [0.29, 0.717) is 0 Å². The summed E-state index contributed by atoms with van der Waals surface area (Å²) in [6.07, 6.45) is 17.1.